The van der Waals surface area contributed by atoms with Crippen molar-refractivity contribution in [1.29, 1.82) is 0 Å². The number of nitrogens with zero attached hydrogens (tertiary/aromatic N) is 1. The number of hydrogen-bond donors (Lipinski definition) is 1. The number of rotatable bonds is 5. The summed E-state index contributed by atoms with van der Waals surface area (Å²) in [5, 5.41) is 2.97. The summed E-state index contributed by atoms with van der Waals surface area (Å²) in [6.45, 7) is 5.76. The van der Waals surface area contributed by atoms with Gasteiger partial charge in [0.1, 0.15) is 13.3 Å². The lowest BCUT2D eigenvalue weighted by molar-refractivity contribution is -0.0197. The van der Waals surface area contributed by atoms with Crippen LogP contribution in [-0.2, 0) is 20.8 Å². The van der Waals surface area contributed by atoms with Gasteiger partial charge >= 0.3 is 5.43 Å². The average molecular weight is 471 g/mol. The predicted octanol–water partition coefficient (Wildman–Crippen LogP) is 3.75. The monoisotopic (exact) mass is 470 g/mol. The van der Waals surface area contributed by atoms with Crippen molar-refractivity contribution in [2.45, 2.75) is 31.1 Å². The van der Waals surface area contributed by atoms with Gasteiger partial charge in [0, 0.05) is 31.2 Å². The van der Waals surface area contributed by atoms with Crippen LogP contribution < -0.4 is 5.32 Å². The van der Waals surface area contributed by atoms with Crippen LogP contribution in [0, 0.1) is 0 Å². The molecule has 1 aromatic carbocycles. The maximum Gasteiger partial charge on any atom is 0.405 e. The number of carbonyl (C=O) groups excluding carboxylic acids is 1. The average Bonchev–Trinajstić information content (AvgIpc) is 2.75. The number of benzene rings is 1. The summed E-state index contributed by atoms with van der Waals surface area (Å²) in [6, 6.07) is 10.0. The maximum atomic E-state index is 12.7. The topological polar surface area (TPSA) is 60.0 Å². The second kappa shape index (κ2) is 16.6. The molecule has 3 rings (SSSR count). The second-order valence-electron chi connectivity index (χ2n) is 6.62. The van der Waals surface area contributed by atoms with Crippen LogP contribution in [0.3, 0.4) is 0 Å². The Hall–Kier alpha value is -1.03. The third-order valence-corrected chi connectivity index (χ3v) is 4.37. The fourth-order valence-electron chi connectivity index (χ4n) is 2.70. The van der Waals surface area contributed by atoms with E-state index in [1.165, 1.54) is 12.5 Å². The molecule has 0 saturated carbocycles. The molecule has 2 saturated heterocycles. The highest BCUT2D eigenvalue weighted by Gasteiger charge is 2.22. The summed E-state index contributed by atoms with van der Waals surface area (Å²) in [5.41, 5.74) is -0.273. The summed E-state index contributed by atoms with van der Waals surface area (Å²) >= 11 is 9.87. The van der Waals surface area contributed by atoms with E-state index in [1.807, 2.05) is 18.2 Å². The molecule has 1 N–H and O–H groups in total. The van der Waals surface area contributed by atoms with Gasteiger partial charge in [-0.2, -0.15) is 0 Å². The van der Waals surface area contributed by atoms with Gasteiger partial charge in [-0.3, -0.25) is 4.90 Å². The third-order valence-electron chi connectivity index (χ3n) is 4.20. The van der Waals surface area contributed by atoms with Crippen molar-refractivity contribution in [2.75, 3.05) is 52.9 Å². The largest absolute Gasteiger partial charge is 0.434 e. The van der Waals surface area contributed by atoms with Crippen molar-refractivity contribution in [3.63, 3.8) is 0 Å². The van der Waals surface area contributed by atoms with Gasteiger partial charge in [0.15, 0.2) is 5.56 Å². The first-order valence-corrected chi connectivity index (χ1v) is 10.6. The zero-order chi connectivity index (χ0) is 22.2. The van der Waals surface area contributed by atoms with Gasteiger partial charge in [0.2, 0.25) is 0 Å². The first-order valence-electron chi connectivity index (χ1n) is 9.75. The Morgan fingerprint density at radius 3 is 2.40 bits per heavy atom. The molecular weight excluding hydrogens is 441 g/mol. The lowest BCUT2D eigenvalue weighted by Crippen LogP contribution is -2.46. The lowest BCUT2D eigenvalue weighted by Gasteiger charge is -2.33. The normalized spacial score (nSPS) is 22.6. The maximum absolute atomic E-state index is 12.7. The van der Waals surface area contributed by atoms with Crippen LogP contribution in [0.4, 0.5) is 13.6 Å². The number of hydrogen-bond acceptors (Lipinski definition) is 6. The van der Waals surface area contributed by atoms with E-state index >= 15 is 0 Å². The van der Waals surface area contributed by atoms with E-state index in [1.54, 1.807) is 0 Å². The SMILES string of the molecule is CC(Cl)OC(=O)Cl.FC[C@@H]1COCCN1.FC[C@@H]1COCCN1Cc1ccccc1. The molecule has 172 valence electrons. The minimum Gasteiger partial charge on any atom is -0.434 e. The van der Waals surface area contributed by atoms with E-state index in [9.17, 15) is 13.6 Å². The fourth-order valence-corrected chi connectivity index (χ4v) is 2.96. The minimum atomic E-state index is -0.873. The van der Waals surface area contributed by atoms with Crippen molar-refractivity contribution in [3.8, 4) is 0 Å². The Bertz CT molecular complexity index is 567. The molecule has 0 aromatic heterocycles. The Kier molecular flexibility index (Phi) is 15.0. The Morgan fingerprint density at radius 1 is 1.23 bits per heavy atom. The molecule has 0 aliphatic carbocycles. The number of morpholine rings is 2. The summed E-state index contributed by atoms with van der Waals surface area (Å²) in [6.07, 6.45) is 0. The van der Waals surface area contributed by atoms with E-state index in [0.717, 1.165) is 26.2 Å². The van der Waals surface area contributed by atoms with Crippen LogP contribution in [0.15, 0.2) is 30.3 Å². The number of ether oxygens (including phenoxy) is 3. The molecule has 2 aliphatic heterocycles. The Morgan fingerprint density at radius 2 is 1.93 bits per heavy atom. The molecule has 10 heteroatoms. The smallest absolute Gasteiger partial charge is 0.405 e. The summed E-state index contributed by atoms with van der Waals surface area (Å²) in [4.78, 5) is 11.9. The van der Waals surface area contributed by atoms with Crippen LogP contribution in [-0.4, -0.2) is 80.8 Å². The molecule has 1 aromatic rings. The predicted molar refractivity (Wildman–Crippen MR) is 114 cm³/mol. The van der Waals surface area contributed by atoms with E-state index < -0.39 is 11.0 Å². The van der Waals surface area contributed by atoms with Gasteiger partial charge in [-0.25, -0.2) is 13.6 Å². The van der Waals surface area contributed by atoms with Gasteiger partial charge in [0.25, 0.3) is 0 Å². The van der Waals surface area contributed by atoms with Gasteiger partial charge < -0.3 is 19.5 Å². The summed E-state index contributed by atoms with van der Waals surface area (Å²) in [5.74, 6) is 0. The zero-order valence-corrected chi connectivity index (χ0v) is 18.6. The zero-order valence-electron chi connectivity index (χ0n) is 17.1. The molecule has 30 heavy (non-hydrogen) atoms. The van der Waals surface area contributed by atoms with E-state index in [0.29, 0.717) is 19.8 Å². The molecule has 3 atom stereocenters. The van der Waals surface area contributed by atoms with Crippen LogP contribution >= 0.6 is 23.2 Å². The fraction of sp³-hybridized carbons (Fsp3) is 0.650. The molecule has 2 aliphatic rings. The molecule has 2 heterocycles. The van der Waals surface area contributed by atoms with Crippen molar-refractivity contribution < 1.29 is 27.8 Å². The first-order chi connectivity index (χ1) is 14.5. The first kappa shape index (κ1) is 27.0. The summed E-state index contributed by atoms with van der Waals surface area (Å²) < 4.78 is 38.8. The lowest BCUT2D eigenvalue weighted by atomic mass is 10.1. The minimum absolute atomic E-state index is 0.0521. The van der Waals surface area contributed by atoms with Crippen molar-refractivity contribution >= 4 is 28.6 Å². The van der Waals surface area contributed by atoms with Gasteiger partial charge in [-0.1, -0.05) is 41.9 Å². The van der Waals surface area contributed by atoms with Crippen LogP contribution in [0.2, 0.25) is 0 Å². The highest BCUT2D eigenvalue weighted by atomic mass is 35.5. The highest BCUT2D eigenvalue weighted by Crippen LogP contribution is 2.12. The number of carbonyl (C=O) groups is 1. The van der Waals surface area contributed by atoms with Gasteiger partial charge in [-0.05, 0) is 12.5 Å². The Labute approximate surface area is 186 Å². The van der Waals surface area contributed by atoms with Crippen LogP contribution in [0.1, 0.15) is 12.5 Å². The third kappa shape index (κ3) is 12.6. The molecule has 0 spiro atoms. The number of nitrogens with one attached hydrogen (secondary N) is 1. The van der Waals surface area contributed by atoms with Crippen molar-refractivity contribution in [2.24, 2.45) is 0 Å². The Balaban J connectivity index is 0.000000254. The number of halogens is 4. The molecule has 0 amide bonds. The molecule has 6 nitrogen and oxygen atoms in total. The molecule has 2 fully saturated rings. The number of alkyl halides is 3. The standard InChI is InChI=1S/C12H16FNO.C5H10FNO.C3H4Cl2O2/c13-8-12-10-15-7-6-14(12)9-11-4-2-1-3-5-11;6-3-5-4-8-2-1-7-5;1-2(4)7-3(5)6/h1-5,12H,6-10H2;5,7H,1-4H2;2H,1H3/t12-;5-;/m11./s1. The van der Waals surface area contributed by atoms with Crippen molar-refractivity contribution in [1.82, 2.24) is 10.2 Å². The van der Waals surface area contributed by atoms with E-state index in [-0.39, 0.29) is 25.4 Å². The van der Waals surface area contributed by atoms with Crippen LogP contribution in [0.5, 0.6) is 0 Å². The second-order valence-corrected chi connectivity index (χ2v) is 7.54. The van der Waals surface area contributed by atoms with Gasteiger partial charge in [-0.15, -0.1) is 0 Å². The van der Waals surface area contributed by atoms with Crippen molar-refractivity contribution in [3.05, 3.63) is 35.9 Å². The summed E-state index contributed by atoms with van der Waals surface area (Å²) in [7, 11) is 0. The van der Waals surface area contributed by atoms with Crippen LogP contribution in [0.25, 0.3) is 0 Å². The van der Waals surface area contributed by atoms with E-state index in [4.69, 9.17) is 32.7 Å². The molecule has 1 unspecified atom stereocenters. The molecular formula is C20H30Cl2F2N2O4. The molecule has 0 radical (unpaired) electrons. The van der Waals surface area contributed by atoms with E-state index in [2.05, 4.69) is 27.1 Å². The molecule has 0 bridgehead atoms. The highest BCUT2D eigenvalue weighted by molar-refractivity contribution is 6.61. The van der Waals surface area contributed by atoms with Gasteiger partial charge in [0.05, 0.1) is 38.5 Å². The quantitative estimate of drug-likeness (QED) is 0.522.